The lowest BCUT2D eigenvalue weighted by atomic mass is 10.3. The number of rotatable bonds is 5. The Morgan fingerprint density at radius 1 is 1.25 bits per heavy atom. The molecule has 142 valence electrons. The van der Waals surface area contributed by atoms with E-state index in [1.165, 1.54) is 18.0 Å². The summed E-state index contributed by atoms with van der Waals surface area (Å²) in [4.78, 5) is 14.5. The summed E-state index contributed by atoms with van der Waals surface area (Å²) < 4.78 is 4.17. The van der Waals surface area contributed by atoms with Gasteiger partial charge in [0.05, 0.1) is 21.3 Å². The molecular formula is C16H10Cl2N6O2S2. The summed E-state index contributed by atoms with van der Waals surface area (Å²) >= 11 is 14.6. The van der Waals surface area contributed by atoms with E-state index in [1.54, 1.807) is 22.8 Å². The lowest BCUT2D eigenvalue weighted by Gasteiger charge is -2.12. The molecule has 28 heavy (non-hydrogen) atoms. The van der Waals surface area contributed by atoms with E-state index in [-0.39, 0.29) is 5.00 Å². The second kappa shape index (κ2) is 7.55. The van der Waals surface area contributed by atoms with Crippen molar-refractivity contribution in [3.8, 4) is 17.2 Å². The van der Waals surface area contributed by atoms with Gasteiger partial charge in [-0.05, 0) is 53.4 Å². The summed E-state index contributed by atoms with van der Waals surface area (Å²) in [6.45, 7) is 0. The molecule has 12 heteroatoms. The lowest BCUT2D eigenvalue weighted by Crippen LogP contribution is -2.02. The number of aromatic nitrogens is 5. The molecule has 3 aromatic heterocycles. The lowest BCUT2D eigenvalue weighted by molar-refractivity contribution is -0.380. The molecule has 0 spiro atoms. The summed E-state index contributed by atoms with van der Waals surface area (Å²) in [6.07, 6.45) is 3.12. The first-order chi connectivity index (χ1) is 13.4. The topological polar surface area (TPSA) is 91.7 Å². The van der Waals surface area contributed by atoms with E-state index >= 15 is 0 Å². The minimum absolute atomic E-state index is 0.0410. The largest absolute Gasteiger partial charge is 0.348 e. The van der Waals surface area contributed by atoms with Crippen LogP contribution in [0.2, 0.25) is 10.0 Å². The number of hydrogen-bond acceptors (Lipinski definition) is 7. The van der Waals surface area contributed by atoms with Crippen LogP contribution in [0, 0.1) is 10.1 Å². The summed E-state index contributed by atoms with van der Waals surface area (Å²) in [7, 11) is 1.90. The molecule has 0 fully saturated rings. The van der Waals surface area contributed by atoms with Crippen LogP contribution >= 0.6 is 46.3 Å². The van der Waals surface area contributed by atoms with Crippen LogP contribution in [0.3, 0.4) is 0 Å². The second-order valence-electron chi connectivity index (χ2n) is 5.57. The summed E-state index contributed by atoms with van der Waals surface area (Å²) in [6, 6.07) is 8.94. The van der Waals surface area contributed by atoms with Crippen LogP contribution in [0.15, 0.2) is 52.2 Å². The van der Waals surface area contributed by atoms with Crippen molar-refractivity contribution in [3.63, 3.8) is 0 Å². The summed E-state index contributed by atoms with van der Waals surface area (Å²) in [5.41, 5.74) is 1.47. The van der Waals surface area contributed by atoms with Gasteiger partial charge in [-0.1, -0.05) is 23.2 Å². The van der Waals surface area contributed by atoms with Gasteiger partial charge in [0.2, 0.25) is 5.16 Å². The van der Waals surface area contributed by atoms with Crippen molar-refractivity contribution in [3.05, 3.63) is 62.9 Å². The van der Waals surface area contributed by atoms with Gasteiger partial charge in [0.1, 0.15) is 6.20 Å². The van der Waals surface area contributed by atoms with Gasteiger partial charge < -0.3 is 4.57 Å². The Balaban J connectivity index is 1.85. The predicted molar refractivity (Wildman–Crippen MR) is 109 cm³/mol. The zero-order valence-corrected chi connectivity index (χ0v) is 17.3. The Hall–Kier alpha value is -2.40. The maximum absolute atomic E-state index is 10.9. The average Bonchev–Trinajstić information content (AvgIpc) is 3.36. The van der Waals surface area contributed by atoms with Crippen LogP contribution in [0.25, 0.3) is 17.2 Å². The first kappa shape index (κ1) is 18.9. The minimum atomic E-state index is -0.474. The second-order valence-corrected chi connectivity index (χ2v) is 8.63. The summed E-state index contributed by atoms with van der Waals surface area (Å²) in [5.74, 6) is 0.574. The Labute approximate surface area is 176 Å². The normalized spacial score (nSPS) is 11.1. The molecule has 0 aliphatic carbocycles. The molecule has 0 unspecified atom stereocenters. The van der Waals surface area contributed by atoms with Crippen molar-refractivity contribution < 1.29 is 4.92 Å². The maximum Gasteiger partial charge on any atom is 0.344 e. The van der Waals surface area contributed by atoms with Gasteiger partial charge in [0, 0.05) is 18.3 Å². The number of aryl methyl sites for hydroxylation is 1. The van der Waals surface area contributed by atoms with Crippen molar-refractivity contribution in [2.24, 2.45) is 7.05 Å². The molecule has 0 saturated heterocycles. The molecule has 0 bridgehead atoms. The fourth-order valence-electron chi connectivity index (χ4n) is 2.53. The zero-order chi connectivity index (χ0) is 19.8. The van der Waals surface area contributed by atoms with Crippen molar-refractivity contribution >= 4 is 51.3 Å². The highest BCUT2D eigenvalue weighted by Gasteiger charge is 2.22. The molecule has 0 saturated carbocycles. The van der Waals surface area contributed by atoms with Crippen LogP contribution in [0.4, 0.5) is 5.00 Å². The van der Waals surface area contributed by atoms with E-state index in [9.17, 15) is 10.1 Å². The van der Waals surface area contributed by atoms with E-state index in [0.717, 1.165) is 17.0 Å². The molecule has 0 aliphatic rings. The third-order valence-corrected chi connectivity index (χ3v) is 6.30. The van der Waals surface area contributed by atoms with Gasteiger partial charge in [0.25, 0.3) is 0 Å². The molecule has 4 aromatic rings. The number of thiazole rings is 1. The number of nitro groups is 1. The standard InChI is InChI=1S/C16H10Cl2N6O2S2/c1-22-6-2-3-12(22)14-20-21-15(28-16-19-8-13(27-16)24(25)26)23(14)11-5-4-9(17)7-10(11)18/h2-8H,1H3. The Bertz CT molecular complexity index is 1190. The minimum Gasteiger partial charge on any atom is -0.348 e. The molecule has 1 aromatic carbocycles. The van der Waals surface area contributed by atoms with Gasteiger partial charge in [0.15, 0.2) is 10.2 Å². The third-order valence-electron chi connectivity index (χ3n) is 3.79. The maximum atomic E-state index is 10.9. The van der Waals surface area contributed by atoms with E-state index in [4.69, 9.17) is 23.2 Å². The van der Waals surface area contributed by atoms with Gasteiger partial charge in [-0.2, -0.15) is 0 Å². The Morgan fingerprint density at radius 3 is 2.71 bits per heavy atom. The SMILES string of the molecule is Cn1cccc1-c1nnc(Sc2ncc([N+](=O)[O-])s2)n1-c1ccc(Cl)cc1Cl. The number of hydrogen-bond donors (Lipinski definition) is 0. The number of halogens is 2. The molecule has 0 N–H and O–H groups in total. The first-order valence-electron chi connectivity index (χ1n) is 7.74. The Morgan fingerprint density at radius 2 is 2.07 bits per heavy atom. The van der Waals surface area contributed by atoms with E-state index in [1.807, 2.05) is 29.9 Å². The highest BCUT2D eigenvalue weighted by molar-refractivity contribution is 8.01. The number of benzene rings is 1. The van der Waals surface area contributed by atoms with Gasteiger partial charge in [-0.15, -0.1) is 10.2 Å². The highest BCUT2D eigenvalue weighted by Crippen LogP contribution is 2.38. The quantitative estimate of drug-likeness (QED) is 0.309. The highest BCUT2D eigenvalue weighted by atomic mass is 35.5. The average molecular weight is 453 g/mol. The smallest absolute Gasteiger partial charge is 0.344 e. The van der Waals surface area contributed by atoms with Crippen LogP contribution in [-0.2, 0) is 7.05 Å². The van der Waals surface area contributed by atoms with E-state index < -0.39 is 4.92 Å². The van der Waals surface area contributed by atoms with Crippen molar-refractivity contribution in [2.75, 3.05) is 0 Å². The molecule has 0 radical (unpaired) electrons. The predicted octanol–water partition coefficient (Wildman–Crippen LogP) is 5.10. The molecule has 8 nitrogen and oxygen atoms in total. The van der Waals surface area contributed by atoms with Crippen LogP contribution in [0.5, 0.6) is 0 Å². The first-order valence-corrected chi connectivity index (χ1v) is 10.1. The van der Waals surface area contributed by atoms with E-state index in [0.29, 0.717) is 31.1 Å². The van der Waals surface area contributed by atoms with Crippen LogP contribution in [0.1, 0.15) is 0 Å². The van der Waals surface area contributed by atoms with Crippen molar-refractivity contribution in [1.82, 2.24) is 24.3 Å². The number of nitrogens with zero attached hydrogens (tertiary/aromatic N) is 6. The molecule has 4 rings (SSSR count). The molecule has 0 aliphatic heterocycles. The van der Waals surface area contributed by atoms with Crippen LogP contribution in [-0.4, -0.2) is 29.2 Å². The van der Waals surface area contributed by atoms with Gasteiger partial charge >= 0.3 is 5.00 Å². The van der Waals surface area contributed by atoms with E-state index in [2.05, 4.69) is 15.2 Å². The monoisotopic (exact) mass is 452 g/mol. The Kier molecular flexibility index (Phi) is 5.11. The molecule has 3 heterocycles. The summed E-state index contributed by atoms with van der Waals surface area (Å²) in [5, 5.41) is 20.9. The fraction of sp³-hybridized carbons (Fsp3) is 0.0625. The molecule has 0 atom stereocenters. The van der Waals surface area contributed by atoms with Crippen LogP contribution < -0.4 is 0 Å². The van der Waals surface area contributed by atoms with Gasteiger partial charge in [-0.25, -0.2) is 4.98 Å². The van der Waals surface area contributed by atoms with Gasteiger partial charge in [-0.3, -0.25) is 14.7 Å². The fourth-order valence-corrected chi connectivity index (χ4v) is 4.76. The zero-order valence-electron chi connectivity index (χ0n) is 14.1. The molecular weight excluding hydrogens is 443 g/mol. The molecule has 0 amide bonds. The van der Waals surface area contributed by atoms with Crippen molar-refractivity contribution in [2.45, 2.75) is 9.50 Å². The van der Waals surface area contributed by atoms with Crippen molar-refractivity contribution in [1.29, 1.82) is 0 Å². The third kappa shape index (κ3) is 3.51.